The minimum atomic E-state index is -0.136. The molecule has 1 fully saturated rings. The molecule has 1 aliphatic rings. The third kappa shape index (κ3) is 5.38. The van der Waals surface area contributed by atoms with Crippen LogP contribution in [0.1, 0.15) is 27.9 Å². The number of nitrogens with one attached hydrogen (secondary N) is 1. The van der Waals surface area contributed by atoms with Crippen molar-refractivity contribution in [2.75, 3.05) is 33.9 Å². The molecule has 2 aromatic carbocycles. The largest absolute Gasteiger partial charge is 0.508 e. The van der Waals surface area contributed by atoms with Gasteiger partial charge in [0.05, 0.1) is 6.61 Å². The molecular formula is C24H28N4O3. The molecule has 0 spiro atoms. The van der Waals surface area contributed by atoms with Gasteiger partial charge in [-0.1, -0.05) is 30.3 Å². The van der Waals surface area contributed by atoms with Crippen LogP contribution in [0, 0.1) is 12.3 Å². The number of likely N-dealkylation sites (N-methyl/N-ethyl adjacent to an activating group) is 1. The lowest BCUT2D eigenvalue weighted by Crippen LogP contribution is -2.35. The Hall–Kier alpha value is -3.45. The summed E-state index contributed by atoms with van der Waals surface area (Å²) in [4.78, 5) is 21.2. The van der Waals surface area contributed by atoms with Gasteiger partial charge in [0.15, 0.2) is 0 Å². The van der Waals surface area contributed by atoms with E-state index in [9.17, 15) is 9.90 Å². The number of amides is 1. The molecule has 0 atom stereocenters. The predicted octanol–water partition coefficient (Wildman–Crippen LogP) is 3.54. The zero-order valence-corrected chi connectivity index (χ0v) is 18.1. The number of amidine groups is 1. The van der Waals surface area contributed by atoms with Crippen molar-refractivity contribution >= 4 is 23.8 Å². The predicted molar refractivity (Wildman–Crippen MR) is 123 cm³/mol. The number of aromatic hydroxyl groups is 1. The van der Waals surface area contributed by atoms with Gasteiger partial charge in [-0.05, 0) is 54.3 Å². The number of hydrogen-bond donors (Lipinski definition) is 2. The molecule has 2 aromatic rings. The van der Waals surface area contributed by atoms with Crippen LogP contribution < -0.4 is 0 Å². The summed E-state index contributed by atoms with van der Waals surface area (Å²) in [6.07, 6.45) is 2.52. The van der Waals surface area contributed by atoms with Crippen molar-refractivity contribution in [2.24, 2.45) is 4.99 Å². The van der Waals surface area contributed by atoms with Crippen molar-refractivity contribution in [2.45, 2.75) is 13.3 Å². The van der Waals surface area contributed by atoms with E-state index in [4.69, 9.17) is 10.1 Å². The number of ether oxygens (including phenoxy) is 1. The molecule has 7 heteroatoms. The summed E-state index contributed by atoms with van der Waals surface area (Å²) in [5.74, 6) is 0.554. The second-order valence-electron chi connectivity index (χ2n) is 7.46. The Morgan fingerprint density at radius 3 is 2.77 bits per heavy atom. The number of guanidine groups is 1. The Labute approximate surface area is 182 Å². The van der Waals surface area contributed by atoms with Crippen LogP contribution in [0.25, 0.3) is 6.08 Å². The molecule has 0 bridgehead atoms. The number of methoxy groups -OCH3 is 1. The number of benzene rings is 2. The second-order valence-corrected chi connectivity index (χ2v) is 7.46. The first kappa shape index (κ1) is 22.2. The van der Waals surface area contributed by atoms with Gasteiger partial charge in [-0.25, -0.2) is 0 Å². The van der Waals surface area contributed by atoms with Gasteiger partial charge in [-0.2, -0.15) is 4.99 Å². The Morgan fingerprint density at radius 1 is 1.29 bits per heavy atom. The van der Waals surface area contributed by atoms with Gasteiger partial charge < -0.3 is 14.7 Å². The molecule has 2 N–H and O–H groups in total. The number of hydrogen-bond acceptors (Lipinski definition) is 4. The van der Waals surface area contributed by atoms with E-state index in [0.717, 1.165) is 16.7 Å². The SMILES string of the molecule is COCCN(C)C(=N)N=C1C(=Cc2cccc(O)c2)CCN1C(=O)c1ccccc1C. The third-order valence-electron chi connectivity index (χ3n) is 5.18. The highest BCUT2D eigenvalue weighted by Gasteiger charge is 2.31. The maximum Gasteiger partial charge on any atom is 0.259 e. The van der Waals surface area contributed by atoms with Crippen molar-refractivity contribution < 1.29 is 14.6 Å². The summed E-state index contributed by atoms with van der Waals surface area (Å²) in [5.41, 5.74) is 3.17. The van der Waals surface area contributed by atoms with Gasteiger partial charge in [0.1, 0.15) is 11.6 Å². The number of carbonyl (C=O) groups is 1. The van der Waals surface area contributed by atoms with E-state index in [2.05, 4.69) is 4.99 Å². The molecule has 162 valence electrons. The number of rotatable bonds is 5. The zero-order chi connectivity index (χ0) is 22.4. The molecule has 1 aliphatic heterocycles. The fourth-order valence-corrected chi connectivity index (χ4v) is 3.38. The first-order valence-corrected chi connectivity index (χ1v) is 10.2. The van der Waals surface area contributed by atoms with Crippen molar-refractivity contribution in [3.63, 3.8) is 0 Å². The highest BCUT2D eigenvalue weighted by atomic mass is 16.5. The monoisotopic (exact) mass is 420 g/mol. The molecule has 0 aromatic heterocycles. The Balaban J connectivity index is 1.98. The Morgan fingerprint density at radius 2 is 2.06 bits per heavy atom. The molecule has 7 nitrogen and oxygen atoms in total. The van der Waals surface area contributed by atoms with Crippen LogP contribution in [0.15, 0.2) is 59.1 Å². The first-order chi connectivity index (χ1) is 14.9. The number of carbonyl (C=O) groups excluding carboxylic acids is 1. The van der Waals surface area contributed by atoms with Crippen LogP contribution in [-0.2, 0) is 4.74 Å². The van der Waals surface area contributed by atoms with Gasteiger partial charge in [0.2, 0.25) is 5.96 Å². The molecule has 0 radical (unpaired) electrons. The van der Waals surface area contributed by atoms with Gasteiger partial charge in [-0.15, -0.1) is 0 Å². The van der Waals surface area contributed by atoms with Crippen LogP contribution in [0.2, 0.25) is 0 Å². The van der Waals surface area contributed by atoms with Gasteiger partial charge in [-0.3, -0.25) is 15.1 Å². The molecular weight excluding hydrogens is 392 g/mol. The molecule has 3 rings (SSSR count). The lowest BCUT2D eigenvalue weighted by molar-refractivity contribution is 0.0856. The van der Waals surface area contributed by atoms with Crippen LogP contribution >= 0.6 is 0 Å². The third-order valence-corrected chi connectivity index (χ3v) is 5.18. The maximum atomic E-state index is 13.3. The Kier molecular flexibility index (Phi) is 7.20. The number of aryl methyl sites for hydroxylation is 1. The highest BCUT2D eigenvalue weighted by molar-refractivity contribution is 6.18. The molecule has 1 saturated heterocycles. The topological polar surface area (TPSA) is 89.2 Å². The minimum absolute atomic E-state index is 0.0540. The van der Waals surface area contributed by atoms with Crippen molar-refractivity contribution in [1.29, 1.82) is 5.41 Å². The fraction of sp³-hybridized carbons (Fsp3) is 0.292. The normalized spacial score (nSPS) is 16.2. The van der Waals surface area contributed by atoms with Gasteiger partial charge in [0, 0.05) is 32.8 Å². The van der Waals surface area contributed by atoms with E-state index < -0.39 is 0 Å². The summed E-state index contributed by atoms with van der Waals surface area (Å²) in [5, 5.41) is 18.2. The number of phenolic OH excluding ortho intramolecular Hbond substituents is 1. The Bertz CT molecular complexity index is 1030. The average molecular weight is 421 g/mol. The van der Waals surface area contributed by atoms with E-state index in [1.165, 1.54) is 0 Å². The van der Waals surface area contributed by atoms with E-state index in [-0.39, 0.29) is 17.6 Å². The fourth-order valence-electron chi connectivity index (χ4n) is 3.38. The average Bonchev–Trinajstić information content (AvgIpc) is 3.13. The summed E-state index contributed by atoms with van der Waals surface area (Å²) >= 11 is 0. The number of aliphatic imine (C=N–C) groups is 1. The molecule has 0 saturated carbocycles. The summed E-state index contributed by atoms with van der Waals surface area (Å²) in [7, 11) is 3.38. The first-order valence-electron chi connectivity index (χ1n) is 10.2. The smallest absolute Gasteiger partial charge is 0.259 e. The van der Waals surface area contributed by atoms with E-state index in [0.29, 0.717) is 37.5 Å². The standard InChI is InChI=1S/C24H28N4O3/c1-17-7-4-5-10-21(17)23(30)28-12-11-19(15-18-8-6-9-20(29)16-18)22(28)26-24(25)27(2)13-14-31-3/h4-10,15-16,25,29H,11-14H2,1-3H3. The highest BCUT2D eigenvalue weighted by Crippen LogP contribution is 2.25. The molecule has 0 unspecified atom stereocenters. The lowest BCUT2D eigenvalue weighted by Gasteiger charge is -2.21. The van der Waals surface area contributed by atoms with E-state index in [1.54, 1.807) is 42.2 Å². The number of likely N-dealkylation sites (tertiary alicyclic amines) is 1. The van der Waals surface area contributed by atoms with Gasteiger partial charge >= 0.3 is 0 Å². The van der Waals surface area contributed by atoms with Crippen LogP contribution in [0.5, 0.6) is 5.75 Å². The van der Waals surface area contributed by atoms with Gasteiger partial charge in [0.25, 0.3) is 5.91 Å². The molecule has 0 aliphatic carbocycles. The quantitative estimate of drug-likeness (QED) is 0.572. The number of nitrogens with zero attached hydrogens (tertiary/aromatic N) is 3. The molecule has 1 amide bonds. The van der Waals surface area contributed by atoms with Crippen molar-refractivity contribution in [3.05, 3.63) is 70.8 Å². The van der Waals surface area contributed by atoms with E-state index >= 15 is 0 Å². The molecule has 31 heavy (non-hydrogen) atoms. The lowest BCUT2D eigenvalue weighted by atomic mass is 10.1. The zero-order valence-electron chi connectivity index (χ0n) is 18.1. The number of phenols is 1. The summed E-state index contributed by atoms with van der Waals surface area (Å²) in [6.45, 7) is 3.38. The second kappa shape index (κ2) is 10.0. The van der Waals surface area contributed by atoms with Crippen LogP contribution in [-0.4, -0.2) is 66.5 Å². The van der Waals surface area contributed by atoms with Crippen LogP contribution in [0.4, 0.5) is 0 Å². The summed E-state index contributed by atoms with van der Waals surface area (Å²) in [6, 6.07) is 14.4. The van der Waals surface area contributed by atoms with Crippen LogP contribution in [0.3, 0.4) is 0 Å². The van der Waals surface area contributed by atoms with E-state index in [1.807, 2.05) is 43.3 Å². The maximum absolute atomic E-state index is 13.3. The summed E-state index contributed by atoms with van der Waals surface area (Å²) < 4.78 is 5.09. The minimum Gasteiger partial charge on any atom is -0.508 e. The van der Waals surface area contributed by atoms with Crippen molar-refractivity contribution in [1.82, 2.24) is 9.80 Å². The van der Waals surface area contributed by atoms with Crippen molar-refractivity contribution in [3.8, 4) is 5.75 Å². The molecule has 1 heterocycles.